The van der Waals surface area contributed by atoms with Crippen molar-refractivity contribution in [1.29, 1.82) is 0 Å². The number of carbonyl (C=O) groups excluding carboxylic acids is 1. The quantitative estimate of drug-likeness (QED) is 0.404. The summed E-state index contributed by atoms with van der Waals surface area (Å²) in [5.41, 5.74) is 0.814. The van der Waals surface area contributed by atoms with E-state index in [1.807, 2.05) is 30.3 Å². The van der Waals surface area contributed by atoms with Gasteiger partial charge in [-0.25, -0.2) is 0 Å². The van der Waals surface area contributed by atoms with Crippen molar-refractivity contribution in [1.82, 2.24) is 20.0 Å². The predicted molar refractivity (Wildman–Crippen MR) is 143 cm³/mol. The summed E-state index contributed by atoms with van der Waals surface area (Å²) >= 11 is 0. The van der Waals surface area contributed by atoms with E-state index in [9.17, 15) is 18.0 Å². The average molecular weight is 528 g/mol. The van der Waals surface area contributed by atoms with E-state index in [4.69, 9.17) is 0 Å². The van der Waals surface area contributed by atoms with Gasteiger partial charge in [0.15, 0.2) is 5.82 Å². The zero-order valence-electron chi connectivity index (χ0n) is 22.0. The number of hydrogen-bond acceptors (Lipinski definition) is 4. The van der Waals surface area contributed by atoms with Crippen molar-refractivity contribution in [2.75, 3.05) is 25.0 Å². The number of likely N-dealkylation sites (tertiary alicyclic amines) is 1. The summed E-state index contributed by atoms with van der Waals surface area (Å²) in [7, 11) is 0. The molecule has 1 saturated heterocycles. The Morgan fingerprint density at radius 3 is 2.42 bits per heavy atom. The largest absolute Gasteiger partial charge is 0.416 e. The van der Waals surface area contributed by atoms with Crippen LogP contribution in [0.1, 0.15) is 50.7 Å². The summed E-state index contributed by atoms with van der Waals surface area (Å²) in [4.78, 5) is 15.1. The second kappa shape index (κ2) is 11.0. The molecule has 3 aromatic rings. The third kappa shape index (κ3) is 5.98. The van der Waals surface area contributed by atoms with Gasteiger partial charge in [-0.3, -0.25) is 14.4 Å². The predicted octanol–water partition coefficient (Wildman–Crippen LogP) is 5.53. The molecule has 38 heavy (non-hydrogen) atoms. The number of carbonyl (C=O) groups is 1. The van der Waals surface area contributed by atoms with Gasteiger partial charge in [0.05, 0.1) is 30.2 Å². The molecule has 5 rings (SSSR count). The monoisotopic (exact) mass is 527 g/mol. The fraction of sp³-hybridized carbons (Fsp3) is 0.517. The molecule has 0 atom stereocenters. The van der Waals surface area contributed by atoms with E-state index < -0.39 is 11.7 Å². The number of nitrogens with zero attached hydrogens (tertiary/aromatic N) is 3. The van der Waals surface area contributed by atoms with E-state index in [0.29, 0.717) is 23.5 Å². The van der Waals surface area contributed by atoms with E-state index in [2.05, 4.69) is 34.5 Å². The molecule has 0 unspecified atom stereocenters. The van der Waals surface area contributed by atoms with E-state index in [0.717, 1.165) is 42.6 Å². The van der Waals surface area contributed by atoms with Crippen LogP contribution in [0.3, 0.4) is 0 Å². The zero-order valence-corrected chi connectivity index (χ0v) is 22.0. The minimum Gasteiger partial charge on any atom is -0.359 e. The number of hydrogen-bond donors (Lipinski definition) is 2. The molecule has 2 heterocycles. The van der Waals surface area contributed by atoms with Crippen molar-refractivity contribution >= 4 is 22.6 Å². The summed E-state index contributed by atoms with van der Waals surface area (Å²) in [5, 5.41) is 10.9. The number of nitrogens with one attached hydrogen (secondary N) is 2. The Kier molecular flexibility index (Phi) is 7.66. The average Bonchev–Trinajstić information content (AvgIpc) is 3.21. The number of aromatic nitrogens is 2. The molecule has 2 N–H and O–H groups in total. The fourth-order valence-electron chi connectivity index (χ4n) is 5.84. The molecule has 9 heteroatoms. The van der Waals surface area contributed by atoms with Gasteiger partial charge in [0.1, 0.15) is 0 Å². The second-order valence-corrected chi connectivity index (χ2v) is 11.1. The SMILES string of the molecule is CC(C)[C@H]1CC[C@@H](N2CC(NC(=O)CNc3nn(Cc4ccccc4)c4ccc(C(F)(F)F)cc34)C2)CC1. The lowest BCUT2D eigenvalue weighted by Crippen LogP contribution is -2.63. The molecule has 1 aromatic heterocycles. The molecule has 1 aliphatic carbocycles. The first kappa shape index (κ1) is 26.5. The molecule has 2 aromatic carbocycles. The molecule has 204 valence electrons. The molecule has 0 spiro atoms. The number of fused-ring (bicyclic) bond motifs is 1. The van der Waals surface area contributed by atoms with Gasteiger partial charge < -0.3 is 10.6 Å². The third-order valence-corrected chi connectivity index (χ3v) is 8.14. The molecule has 1 amide bonds. The van der Waals surface area contributed by atoms with Crippen LogP contribution in [0.25, 0.3) is 10.9 Å². The van der Waals surface area contributed by atoms with Crippen molar-refractivity contribution in [3.05, 3.63) is 59.7 Å². The van der Waals surface area contributed by atoms with Crippen LogP contribution in [0.4, 0.5) is 19.0 Å². The van der Waals surface area contributed by atoms with Crippen LogP contribution in [0.5, 0.6) is 0 Å². The lowest BCUT2D eigenvalue weighted by atomic mass is 9.78. The van der Waals surface area contributed by atoms with Crippen LogP contribution in [0.15, 0.2) is 48.5 Å². The Labute approximate surface area is 221 Å². The number of anilines is 1. The summed E-state index contributed by atoms with van der Waals surface area (Å²) < 4.78 is 41.9. The number of halogens is 3. The van der Waals surface area contributed by atoms with Crippen LogP contribution in [-0.2, 0) is 17.5 Å². The van der Waals surface area contributed by atoms with Crippen molar-refractivity contribution in [3.8, 4) is 0 Å². The maximum absolute atomic E-state index is 13.4. The molecular formula is C29H36F3N5O. The Bertz CT molecular complexity index is 1240. The van der Waals surface area contributed by atoms with Crippen molar-refractivity contribution in [2.24, 2.45) is 11.8 Å². The van der Waals surface area contributed by atoms with Gasteiger partial charge >= 0.3 is 6.18 Å². The number of benzene rings is 2. The zero-order chi connectivity index (χ0) is 26.9. The summed E-state index contributed by atoms with van der Waals surface area (Å²) in [5.74, 6) is 1.66. The fourth-order valence-corrected chi connectivity index (χ4v) is 5.84. The minimum absolute atomic E-state index is 0.0519. The van der Waals surface area contributed by atoms with Gasteiger partial charge in [-0.05, 0) is 61.3 Å². The van der Waals surface area contributed by atoms with Gasteiger partial charge in [0.2, 0.25) is 5.91 Å². The normalized spacial score (nSPS) is 21.0. The smallest absolute Gasteiger partial charge is 0.359 e. The van der Waals surface area contributed by atoms with E-state index >= 15 is 0 Å². The highest BCUT2D eigenvalue weighted by molar-refractivity contribution is 5.92. The van der Waals surface area contributed by atoms with Crippen LogP contribution in [0.2, 0.25) is 0 Å². The van der Waals surface area contributed by atoms with Gasteiger partial charge in [-0.2, -0.15) is 18.3 Å². The Hall–Kier alpha value is -3.07. The third-order valence-electron chi connectivity index (χ3n) is 8.14. The molecule has 6 nitrogen and oxygen atoms in total. The molecule has 2 aliphatic rings. The van der Waals surface area contributed by atoms with E-state index in [-0.39, 0.29) is 24.3 Å². The molecule has 1 saturated carbocycles. The van der Waals surface area contributed by atoms with Gasteiger partial charge in [-0.1, -0.05) is 44.2 Å². The minimum atomic E-state index is -4.46. The first-order valence-corrected chi connectivity index (χ1v) is 13.6. The van der Waals surface area contributed by atoms with Crippen molar-refractivity contribution < 1.29 is 18.0 Å². The summed E-state index contributed by atoms with van der Waals surface area (Å²) in [6.45, 7) is 6.68. The Morgan fingerprint density at radius 2 is 1.76 bits per heavy atom. The maximum atomic E-state index is 13.4. The van der Waals surface area contributed by atoms with Crippen LogP contribution < -0.4 is 10.6 Å². The lowest BCUT2D eigenvalue weighted by molar-refractivity contribution is -0.137. The van der Waals surface area contributed by atoms with E-state index in [1.165, 1.54) is 31.7 Å². The van der Waals surface area contributed by atoms with Crippen LogP contribution in [-0.4, -0.2) is 52.3 Å². The van der Waals surface area contributed by atoms with Crippen LogP contribution in [0, 0.1) is 11.8 Å². The highest BCUT2D eigenvalue weighted by Crippen LogP contribution is 2.35. The summed E-state index contributed by atoms with van der Waals surface area (Å²) in [6.07, 6.45) is 0.545. The Morgan fingerprint density at radius 1 is 1.05 bits per heavy atom. The number of amides is 1. The standard InChI is InChI=1S/C29H36F3N5O/c1-19(2)21-8-11-24(12-9-21)36-17-23(18-36)34-27(38)15-33-28-25-14-22(29(30,31)32)10-13-26(25)37(35-28)16-20-6-4-3-5-7-20/h3-7,10,13-14,19,21,23-24H,8-9,11-12,15-18H2,1-2H3,(H,33,35)(H,34,38)/t21-,24+. The second-order valence-electron chi connectivity index (χ2n) is 11.1. The van der Waals surface area contributed by atoms with Crippen molar-refractivity contribution in [2.45, 2.75) is 64.3 Å². The van der Waals surface area contributed by atoms with E-state index in [1.54, 1.807) is 4.68 Å². The molecule has 0 radical (unpaired) electrons. The molecule has 1 aliphatic heterocycles. The number of alkyl halides is 3. The number of rotatable bonds is 8. The maximum Gasteiger partial charge on any atom is 0.416 e. The first-order chi connectivity index (χ1) is 18.2. The molecule has 2 fully saturated rings. The molecular weight excluding hydrogens is 491 g/mol. The van der Waals surface area contributed by atoms with Gasteiger partial charge in [0.25, 0.3) is 0 Å². The molecule has 0 bridgehead atoms. The van der Waals surface area contributed by atoms with Gasteiger partial charge in [0, 0.05) is 24.5 Å². The Balaban J connectivity index is 1.19. The van der Waals surface area contributed by atoms with Crippen molar-refractivity contribution in [3.63, 3.8) is 0 Å². The highest BCUT2D eigenvalue weighted by atomic mass is 19.4. The first-order valence-electron chi connectivity index (χ1n) is 13.6. The van der Waals surface area contributed by atoms with Crippen LogP contribution >= 0.6 is 0 Å². The topological polar surface area (TPSA) is 62.2 Å². The summed E-state index contributed by atoms with van der Waals surface area (Å²) in [6, 6.07) is 13.9. The highest BCUT2D eigenvalue weighted by Gasteiger charge is 2.35. The lowest BCUT2D eigenvalue weighted by Gasteiger charge is -2.47. The van der Waals surface area contributed by atoms with Gasteiger partial charge in [-0.15, -0.1) is 0 Å².